The predicted octanol–water partition coefficient (Wildman–Crippen LogP) is 1.02. The number of carbonyl (C=O) groups is 1. The lowest BCUT2D eigenvalue weighted by molar-refractivity contribution is -0.0670. The molecule has 0 radical (unpaired) electrons. The van der Waals surface area contributed by atoms with Crippen LogP contribution in [0, 0.1) is 17.5 Å². The van der Waals surface area contributed by atoms with Crippen LogP contribution in [0.5, 0.6) is 5.75 Å². The average Bonchev–Trinajstić information content (AvgIpc) is 2.27. The molecule has 1 aromatic rings. The van der Waals surface area contributed by atoms with Gasteiger partial charge in [0, 0.05) is 0 Å². The van der Waals surface area contributed by atoms with Gasteiger partial charge in [0.05, 0.1) is 24.3 Å². The number of benzene rings is 1. The molecule has 7 heteroatoms. The number of aliphatic hydroxyl groups is 1. The van der Waals surface area contributed by atoms with Gasteiger partial charge in [-0.25, -0.2) is 8.78 Å². The molecule has 2 rings (SSSR count). The van der Waals surface area contributed by atoms with Gasteiger partial charge in [0.25, 0.3) is 5.91 Å². The lowest BCUT2D eigenvalue weighted by Gasteiger charge is -2.44. The summed E-state index contributed by atoms with van der Waals surface area (Å²) in [6, 6.07) is 0.389. The molecule has 1 aliphatic heterocycles. The third-order valence-corrected chi connectivity index (χ3v) is 2.71. The maximum Gasteiger partial charge on any atom is 0.257 e. The number of phenolic OH excluding ortho intramolecular Hbond substituents is 1. The van der Waals surface area contributed by atoms with Crippen molar-refractivity contribution in [2.75, 3.05) is 13.1 Å². The Kier molecular flexibility index (Phi) is 2.73. The molecule has 0 spiro atoms. The topological polar surface area (TPSA) is 60.8 Å². The SMILES string of the molecule is CC1(O)CN(C(=O)c2cc(F)c(F)c(O)c2F)C1. The summed E-state index contributed by atoms with van der Waals surface area (Å²) in [6.45, 7) is 1.41. The smallest absolute Gasteiger partial charge is 0.257 e. The summed E-state index contributed by atoms with van der Waals surface area (Å²) in [6.07, 6.45) is 0. The standard InChI is InChI=1S/C11H10F3NO3/c1-11(18)3-15(4-11)10(17)5-2-6(12)8(14)9(16)7(5)13/h2,16,18H,3-4H2,1H3. The van der Waals surface area contributed by atoms with Crippen LogP contribution < -0.4 is 0 Å². The van der Waals surface area contributed by atoms with E-state index in [0.717, 1.165) is 4.90 Å². The second-order valence-corrected chi connectivity index (χ2v) is 4.54. The van der Waals surface area contributed by atoms with E-state index in [1.54, 1.807) is 0 Å². The van der Waals surface area contributed by atoms with E-state index in [2.05, 4.69) is 0 Å². The first-order valence-electron chi connectivity index (χ1n) is 5.11. The van der Waals surface area contributed by atoms with Crippen molar-refractivity contribution in [3.63, 3.8) is 0 Å². The van der Waals surface area contributed by atoms with E-state index >= 15 is 0 Å². The molecule has 0 unspecified atom stereocenters. The highest BCUT2D eigenvalue weighted by atomic mass is 19.2. The molecule has 18 heavy (non-hydrogen) atoms. The van der Waals surface area contributed by atoms with E-state index in [1.807, 2.05) is 0 Å². The van der Waals surface area contributed by atoms with Gasteiger partial charge in [-0.3, -0.25) is 4.79 Å². The second-order valence-electron chi connectivity index (χ2n) is 4.54. The number of β-amino-alcohol motifs (C(OH)–C–C–N with tert-alkyl or cyclic N) is 1. The van der Waals surface area contributed by atoms with Crippen molar-refractivity contribution in [2.24, 2.45) is 0 Å². The lowest BCUT2D eigenvalue weighted by Crippen LogP contribution is -2.61. The second kappa shape index (κ2) is 3.88. The Morgan fingerprint density at radius 1 is 1.33 bits per heavy atom. The fourth-order valence-corrected chi connectivity index (χ4v) is 1.84. The monoisotopic (exact) mass is 261 g/mol. The molecule has 0 bridgehead atoms. The lowest BCUT2D eigenvalue weighted by atomic mass is 9.95. The fourth-order valence-electron chi connectivity index (χ4n) is 1.84. The van der Waals surface area contributed by atoms with E-state index in [4.69, 9.17) is 5.11 Å². The van der Waals surface area contributed by atoms with Crippen LogP contribution in [-0.4, -0.2) is 39.7 Å². The van der Waals surface area contributed by atoms with E-state index in [0.29, 0.717) is 6.07 Å². The van der Waals surface area contributed by atoms with Crippen LogP contribution in [0.15, 0.2) is 6.07 Å². The van der Waals surface area contributed by atoms with Crippen LogP contribution in [0.2, 0.25) is 0 Å². The Bertz CT molecular complexity index is 523. The zero-order chi connectivity index (χ0) is 13.7. The van der Waals surface area contributed by atoms with Gasteiger partial charge in [0.15, 0.2) is 17.4 Å². The largest absolute Gasteiger partial charge is 0.503 e. The normalized spacial score (nSPS) is 17.5. The van der Waals surface area contributed by atoms with E-state index in [1.165, 1.54) is 6.92 Å². The number of amides is 1. The number of phenols is 1. The first-order chi connectivity index (χ1) is 8.23. The molecular weight excluding hydrogens is 251 g/mol. The summed E-state index contributed by atoms with van der Waals surface area (Å²) in [7, 11) is 0. The van der Waals surface area contributed by atoms with Gasteiger partial charge in [-0.1, -0.05) is 0 Å². The zero-order valence-electron chi connectivity index (χ0n) is 9.38. The fraction of sp³-hybridized carbons (Fsp3) is 0.364. The number of carbonyl (C=O) groups excluding carboxylic acids is 1. The van der Waals surface area contributed by atoms with Crippen LogP contribution in [0.3, 0.4) is 0 Å². The molecule has 0 atom stereocenters. The Morgan fingerprint density at radius 2 is 1.89 bits per heavy atom. The van der Waals surface area contributed by atoms with Crippen molar-refractivity contribution in [3.05, 3.63) is 29.1 Å². The van der Waals surface area contributed by atoms with Crippen molar-refractivity contribution >= 4 is 5.91 Å². The maximum absolute atomic E-state index is 13.4. The highest BCUT2D eigenvalue weighted by Crippen LogP contribution is 2.29. The Balaban J connectivity index is 2.32. The van der Waals surface area contributed by atoms with Gasteiger partial charge in [-0.15, -0.1) is 0 Å². The van der Waals surface area contributed by atoms with Gasteiger partial charge in [0.1, 0.15) is 0 Å². The van der Waals surface area contributed by atoms with Crippen LogP contribution >= 0.6 is 0 Å². The number of hydrogen-bond donors (Lipinski definition) is 2. The number of halogens is 3. The summed E-state index contributed by atoms with van der Waals surface area (Å²) in [5.41, 5.74) is -1.82. The first-order valence-corrected chi connectivity index (χ1v) is 5.11. The molecule has 1 saturated heterocycles. The molecule has 2 N–H and O–H groups in total. The minimum absolute atomic E-state index is 0.0367. The molecule has 0 aliphatic carbocycles. The average molecular weight is 261 g/mol. The number of nitrogens with zero attached hydrogens (tertiary/aromatic N) is 1. The van der Waals surface area contributed by atoms with Gasteiger partial charge in [-0.2, -0.15) is 4.39 Å². The van der Waals surface area contributed by atoms with Gasteiger partial charge in [0.2, 0.25) is 5.82 Å². The summed E-state index contributed by atoms with van der Waals surface area (Å²) in [5, 5.41) is 18.4. The van der Waals surface area contributed by atoms with Crippen molar-refractivity contribution in [2.45, 2.75) is 12.5 Å². The van der Waals surface area contributed by atoms with Gasteiger partial charge >= 0.3 is 0 Å². The molecule has 1 amide bonds. The van der Waals surface area contributed by atoms with E-state index in [-0.39, 0.29) is 13.1 Å². The predicted molar refractivity (Wildman–Crippen MR) is 54.5 cm³/mol. The van der Waals surface area contributed by atoms with Gasteiger partial charge in [-0.05, 0) is 13.0 Å². The van der Waals surface area contributed by atoms with Crippen LogP contribution in [0.1, 0.15) is 17.3 Å². The first kappa shape index (κ1) is 12.7. The van der Waals surface area contributed by atoms with Gasteiger partial charge < -0.3 is 15.1 Å². The zero-order valence-corrected chi connectivity index (χ0v) is 9.38. The summed E-state index contributed by atoms with van der Waals surface area (Å²) in [4.78, 5) is 12.8. The quantitative estimate of drug-likeness (QED) is 0.742. The highest BCUT2D eigenvalue weighted by molar-refractivity contribution is 5.95. The molecular formula is C11H10F3NO3. The van der Waals surface area contributed by atoms with Crippen LogP contribution in [0.25, 0.3) is 0 Å². The number of aromatic hydroxyl groups is 1. The molecule has 0 aromatic heterocycles. The molecule has 1 heterocycles. The number of hydrogen-bond acceptors (Lipinski definition) is 3. The molecule has 0 saturated carbocycles. The third-order valence-electron chi connectivity index (χ3n) is 2.71. The molecule has 1 fully saturated rings. The Morgan fingerprint density at radius 3 is 2.39 bits per heavy atom. The summed E-state index contributed by atoms with van der Waals surface area (Å²) in [5.74, 6) is -7.19. The minimum atomic E-state index is -1.74. The Labute approximate surface area is 100 Å². The third kappa shape index (κ3) is 1.90. The van der Waals surface area contributed by atoms with Crippen LogP contribution in [-0.2, 0) is 0 Å². The van der Waals surface area contributed by atoms with Crippen LogP contribution in [0.4, 0.5) is 13.2 Å². The maximum atomic E-state index is 13.4. The number of rotatable bonds is 1. The van der Waals surface area contributed by atoms with E-state index in [9.17, 15) is 23.1 Å². The number of likely N-dealkylation sites (tertiary alicyclic amines) is 1. The van der Waals surface area contributed by atoms with Crippen molar-refractivity contribution in [3.8, 4) is 5.75 Å². The van der Waals surface area contributed by atoms with Crippen molar-refractivity contribution in [1.29, 1.82) is 0 Å². The Hall–Kier alpha value is -1.76. The minimum Gasteiger partial charge on any atom is -0.503 e. The summed E-state index contributed by atoms with van der Waals surface area (Å²) >= 11 is 0. The molecule has 1 aliphatic rings. The molecule has 1 aromatic carbocycles. The van der Waals surface area contributed by atoms with Crippen molar-refractivity contribution < 1.29 is 28.2 Å². The molecule has 98 valence electrons. The molecule has 4 nitrogen and oxygen atoms in total. The van der Waals surface area contributed by atoms with E-state index < -0.39 is 40.3 Å². The summed E-state index contributed by atoms with van der Waals surface area (Å²) < 4.78 is 39.3. The highest BCUT2D eigenvalue weighted by Gasteiger charge is 2.41. The van der Waals surface area contributed by atoms with Crippen molar-refractivity contribution in [1.82, 2.24) is 4.90 Å².